The Hall–Kier alpha value is -2.95. The molecule has 26 heavy (non-hydrogen) atoms. The van der Waals surface area contributed by atoms with Crippen LogP contribution >= 0.6 is 0 Å². The van der Waals surface area contributed by atoms with Crippen LogP contribution in [0.5, 0.6) is 0 Å². The monoisotopic (exact) mass is 343 g/mol. The molecule has 1 saturated heterocycles. The summed E-state index contributed by atoms with van der Waals surface area (Å²) in [5.41, 5.74) is 3.97. The second-order valence-corrected chi connectivity index (χ2v) is 7.19. The Labute approximate surface area is 152 Å². The Morgan fingerprint density at radius 3 is 2.88 bits per heavy atom. The molecule has 0 spiro atoms. The summed E-state index contributed by atoms with van der Waals surface area (Å²) >= 11 is 0. The summed E-state index contributed by atoms with van der Waals surface area (Å²) in [6.07, 6.45) is 4.53. The molecule has 130 valence electrons. The van der Waals surface area contributed by atoms with Gasteiger partial charge in [0.1, 0.15) is 5.69 Å². The van der Waals surface area contributed by atoms with Crippen LogP contribution in [-0.4, -0.2) is 32.7 Å². The quantitative estimate of drug-likeness (QED) is 0.548. The first-order valence-electron chi connectivity index (χ1n) is 9.24. The topological polar surface area (TPSA) is 46.3 Å². The third-order valence-electron chi connectivity index (χ3n) is 5.24. The lowest BCUT2D eigenvalue weighted by molar-refractivity contribution is 0.447. The van der Waals surface area contributed by atoms with Gasteiger partial charge in [-0.05, 0) is 43.0 Å². The minimum absolute atomic E-state index is 0.725. The number of para-hydroxylation sites is 1. The number of hydrogen-bond acceptors (Lipinski definition) is 4. The molecule has 4 aromatic rings. The smallest absolute Gasteiger partial charge is 0.187 e. The predicted octanol–water partition coefficient (Wildman–Crippen LogP) is 4.18. The summed E-state index contributed by atoms with van der Waals surface area (Å²) in [7, 11) is 0. The molecule has 5 rings (SSSR count). The van der Waals surface area contributed by atoms with Gasteiger partial charge in [-0.15, -0.1) is 10.2 Å². The average molecular weight is 343 g/mol. The molecular formula is C21H21N5. The van der Waals surface area contributed by atoms with Crippen molar-refractivity contribution >= 4 is 22.2 Å². The van der Waals surface area contributed by atoms with Gasteiger partial charge in [-0.3, -0.25) is 4.40 Å². The molecule has 1 aromatic carbocycles. The van der Waals surface area contributed by atoms with E-state index in [0.29, 0.717) is 0 Å². The van der Waals surface area contributed by atoms with E-state index in [4.69, 9.17) is 4.98 Å². The standard InChI is InChI=1S/C21H21N5/c1-15-6-5-12-25(14-15)18-8-4-7-16-10-11-17(22-20(16)18)21-24-23-19-9-2-3-13-26(19)21/h2-4,7-11,13,15H,5-6,12,14H2,1H3/t15-/m0/s1. The second-order valence-electron chi connectivity index (χ2n) is 7.19. The van der Waals surface area contributed by atoms with Crippen molar-refractivity contribution in [2.45, 2.75) is 19.8 Å². The van der Waals surface area contributed by atoms with Crippen LogP contribution in [0.1, 0.15) is 19.8 Å². The zero-order valence-corrected chi connectivity index (χ0v) is 14.8. The highest BCUT2D eigenvalue weighted by Gasteiger charge is 2.19. The van der Waals surface area contributed by atoms with Gasteiger partial charge in [0.25, 0.3) is 0 Å². The van der Waals surface area contributed by atoms with E-state index >= 15 is 0 Å². The first-order chi connectivity index (χ1) is 12.8. The first-order valence-corrected chi connectivity index (χ1v) is 9.24. The molecule has 0 unspecified atom stereocenters. The Bertz CT molecular complexity index is 1080. The molecule has 5 heteroatoms. The van der Waals surface area contributed by atoms with Crippen LogP contribution in [0, 0.1) is 5.92 Å². The van der Waals surface area contributed by atoms with Gasteiger partial charge in [0, 0.05) is 24.7 Å². The van der Waals surface area contributed by atoms with Gasteiger partial charge in [-0.25, -0.2) is 4.98 Å². The van der Waals surface area contributed by atoms with E-state index in [0.717, 1.165) is 41.7 Å². The SMILES string of the molecule is C[C@H]1CCCN(c2cccc3ccc(-c4nnc5ccccn45)nc23)C1. The summed E-state index contributed by atoms with van der Waals surface area (Å²) < 4.78 is 1.99. The van der Waals surface area contributed by atoms with Crippen LogP contribution in [0.25, 0.3) is 28.1 Å². The van der Waals surface area contributed by atoms with E-state index in [1.807, 2.05) is 34.9 Å². The maximum Gasteiger partial charge on any atom is 0.187 e. The summed E-state index contributed by atoms with van der Waals surface area (Å²) in [6.45, 7) is 4.53. The zero-order valence-electron chi connectivity index (χ0n) is 14.8. The molecule has 1 fully saturated rings. The Morgan fingerprint density at radius 2 is 1.96 bits per heavy atom. The van der Waals surface area contributed by atoms with Crippen molar-refractivity contribution in [1.82, 2.24) is 19.6 Å². The number of rotatable bonds is 2. The number of fused-ring (bicyclic) bond motifs is 2. The fraction of sp³-hybridized carbons (Fsp3) is 0.286. The number of hydrogen-bond donors (Lipinski definition) is 0. The third-order valence-corrected chi connectivity index (χ3v) is 5.24. The second kappa shape index (κ2) is 6.09. The average Bonchev–Trinajstić information content (AvgIpc) is 3.11. The van der Waals surface area contributed by atoms with E-state index in [1.54, 1.807) is 0 Å². The lowest BCUT2D eigenvalue weighted by atomic mass is 9.99. The predicted molar refractivity (Wildman–Crippen MR) is 104 cm³/mol. The lowest BCUT2D eigenvalue weighted by Crippen LogP contribution is -2.34. The number of aromatic nitrogens is 4. The van der Waals surface area contributed by atoms with Crippen molar-refractivity contribution in [1.29, 1.82) is 0 Å². The minimum atomic E-state index is 0.725. The molecule has 0 aliphatic carbocycles. The first kappa shape index (κ1) is 15.3. The largest absolute Gasteiger partial charge is 0.370 e. The molecule has 0 amide bonds. The summed E-state index contributed by atoms with van der Waals surface area (Å²) in [5, 5.41) is 9.79. The highest BCUT2D eigenvalue weighted by Crippen LogP contribution is 2.30. The van der Waals surface area contributed by atoms with Gasteiger partial charge in [0.15, 0.2) is 11.5 Å². The van der Waals surface area contributed by atoms with Gasteiger partial charge in [-0.1, -0.05) is 31.2 Å². The zero-order chi connectivity index (χ0) is 17.5. The normalized spacial score (nSPS) is 17.9. The molecule has 0 N–H and O–H groups in total. The highest BCUT2D eigenvalue weighted by atomic mass is 15.3. The van der Waals surface area contributed by atoms with E-state index in [1.165, 1.54) is 23.9 Å². The van der Waals surface area contributed by atoms with Gasteiger partial charge in [0.05, 0.1) is 11.2 Å². The van der Waals surface area contributed by atoms with Crippen molar-refractivity contribution in [3.8, 4) is 11.5 Å². The maximum atomic E-state index is 5.00. The number of anilines is 1. The van der Waals surface area contributed by atoms with E-state index in [-0.39, 0.29) is 0 Å². The van der Waals surface area contributed by atoms with Gasteiger partial charge in [0.2, 0.25) is 0 Å². The Morgan fingerprint density at radius 1 is 1.00 bits per heavy atom. The molecule has 4 heterocycles. The molecule has 1 aliphatic heterocycles. The highest BCUT2D eigenvalue weighted by molar-refractivity contribution is 5.92. The van der Waals surface area contributed by atoms with Crippen molar-refractivity contribution in [2.24, 2.45) is 5.92 Å². The fourth-order valence-electron chi connectivity index (χ4n) is 3.94. The van der Waals surface area contributed by atoms with Crippen LogP contribution in [0.2, 0.25) is 0 Å². The molecule has 0 saturated carbocycles. The molecule has 3 aromatic heterocycles. The molecule has 1 aliphatic rings. The maximum absolute atomic E-state index is 5.00. The van der Waals surface area contributed by atoms with Gasteiger partial charge >= 0.3 is 0 Å². The lowest BCUT2D eigenvalue weighted by Gasteiger charge is -2.33. The van der Waals surface area contributed by atoms with Crippen molar-refractivity contribution in [3.63, 3.8) is 0 Å². The molecule has 0 radical (unpaired) electrons. The van der Waals surface area contributed by atoms with E-state index < -0.39 is 0 Å². The van der Waals surface area contributed by atoms with Gasteiger partial charge in [-0.2, -0.15) is 0 Å². The number of benzene rings is 1. The number of nitrogens with zero attached hydrogens (tertiary/aromatic N) is 5. The molecule has 5 nitrogen and oxygen atoms in total. The number of piperidine rings is 1. The van der Waals surface area contributed by atoms with Crippen LogP contribution in [0.3, 0.4) is 0 Å². The van der Waals surface area contributed by atoms with E-state index in [9.17, 15) is 0 Å². The summed E-state index contributed by atoms with van der Waals surface area (Å²) in [5.74, 6) is 1.51. The van der Waals surface area contributed by atoms with Crippen molar-refractivity contribution < 1.29 is 0 Å². The van der Waals surface area contributed by atoms with Crippen LogP contribution in [0.4, 0.5) is 5.69 Å². The minimum Gasteiger partial charge on any atom is -0.370 e. The van der Waals surface area contributed by atoms with Gasteiger partial charge < -0.3 is 4.90 Å². The Kier molecular flexibility index (Phi) is 3.59. The van der Waals surface area contributed by atoms with E-state index in [2.05, 4.69) is 46.3 Å². The molecular weight excluding hydrogens is 322 g/mol. The summed E-state index contributed by atoms with van der Waals surface area (Å²) in [6, 6.07) is 16.5. The fourth-order valence-corrected chi connectivity index (χ4v) is 3.94. The van der Waals surface area contributed by atoms with Crippen LogP contribution in [0.15, 0.2) is 54.7 Å². The third kappa shape index (κ3) is 2.51. The van der Waals surface area contributed by atoms with Crippen LogP contribution < -0.4 is 4.90 Å². The van der Waals surface area contributed by atoms with Crippen LogP contribution in [-0.2, 0) is 0 Å². The van der Waals surface area contributed by atoms with Crippen molar-refractivity contribution in [2.75, 3.05) is 18.0 Å². The summed E-state index contributed by atoms with van der Waals surface area (Å²) in [4.78, 5) is 7.48. The molecule has 0 bridgehead atoms. The van der Waals surface area contributed by atoms with Crippen molar-refractivity contribution in [3.05, 3.63) is 54.7 Å². The molecule has 1 atom stereocenters. The Balaban J connectivity index is 1.66. The number of pyridine rings is 2.